The van der Waals surface area contributed by atoms with Crippen LogP contribution < -0.4 is 4.90 Å². The van der Waals surface area contributed by atoms with Crippen molar-refractivity contribution in [2.45, 2.75) is 5.50 Å². The quantitative estimate of drug-likeness (QED) is 0.573. The zero-order valence-corrected chi connectivity index (χ0v) is 9.37. The minimum Gasteiger partial charge on any atom is -0.269 e. The molecule has 1 aromatic heterocycles. The number of alkyl halides is 1. The molecule has 0 bridgehead atoms. The molecule has 1 aromatic rings. The Morgan fingerprint density at radius 3 is 2.60 bits per heavy atom. The number of anilines is 1. The van der Waals surface area contributed by atoms with Crippen LogP contribution in [0, 0.1) is 0 Å². The Morgan fingerprint density at radius 1 is 1.27 bits per heavy atom. The van der Waals surface area contributed by atoms with Gasteiger partial charge < -0.3 is 0 Å². The highest BCUT2D eigenvalue weighted by Gasteiger charge is 2.26. The van der Waals surface area contributed by atoms with Gasteiger partial charge in [0.2, 0.25) is 5.95 Å². The molecule has 8 heteroatoms. The van der Waals surface area contributed by atoms with Crippen LogP contribution in [-0.4, -0.2) is 26.8 Å². The second kappa shape index (κ2) is 4.30. The second-order valence-electron chi connectivity index (χ2n) is 2.49. The van der Waals surface area contributed by atoms with Crippen LogP contribution in [-0.2, 0) is 0 Å². The van der Waals surface area contributed by atoms with Crippen LogP contribution in [0.5, 0.6) is 0 Å². The Morgan fingerprint density at radius 2 is 1.93 bits per heavy atom. The Hall–Kier alpha value is -0.910. The lowest BCUT2D eigenvalue weighted by Crippen LogP contribution is -2.34. The van der Waals surface area contributed by atoms with Crippen molar-refractivity contribution < 1.29 is 0 Å². The third-order valence-corrected chi connectivity index (χ3v) is 2.88. The third-order valence-electron chi connectivity index (χ3n) is 1.58. The van der Waals surface area contributed by atoms with Gasteiger partial charge in [-0.3, -0.25) is 4.90 Å². The minimum atomic E-state index is -0.709. The molecule has 1 radical (unpaired) electrons. The van der Waals surface area contributed by atoms with Gasteiger partial charge in [-0.1, -0.05) is 34.8 Å². The molecule has 0 saturated heterocycles. The Kier molecular flexibility index (Phi) is 3.04. The molecule has 0 aliphatic carbocycles. The van der Waals surface area contributed by atoms with Crippen molar-refractivity contribution in [3.8, 4) is 0 Å². The number of hydrogen-bond donors (Lipinski definition) is 0. The first kappa shape index (κ1) is 10.6. The van der Waals surface area contributed by atoms with E-state index in [-0.39, 0.29) is 10.2 Å². The summed E-state index contributed by atoms with van der Waals surface area (Å²) in [5, 5.41) is 0.319. The van der Waals surface area contributed by atoms with Crippen molar-refractivity contribution in [1.82, 2.24) is 15.0 Å². The zero-order chi connectivity index (χ0) is 10.8. The standard InChI is InChI=1S/C7H3Cl3N5/c8-4-5(9)14-3-15(6(4)10)7-12-1-11-2-13-7/h1-2,6H. The van der Waals surface area contributed by atoms with Crippen LogP contribution in [0.3, 0.4) is 0 Å². The fraction of sp³-hybridized carbons (Fsp3) is 0.143. The average Bonchev–Trinajstić information content (AvgIpc) is 2.27. The monoisotopic (exact) mass is 262 g/mol. The molecule has 15 heavy (non-hydrogen) atoms. The second-order valence-corrected chi connectivity index (χ2v) is 3.67. The van der Waals surface area contributed by atoms with E-state index in [1.807, 2.05) is 0 Å². The van der Waals surface area contributed by atoms with Gasteiger partial charge >= 0.3 is 0 Å². The number of aromatic nitrogens is 3. The first-order valence-electron chi connectivity index (χ1n) is 3.77. The van der Waals surface area contributed by atoms with Crippen LogP contribution >= 0.6 is 34.8 Å². The topological polar surface area (TPSA) is 54.3 Å². The van der Waals surface area contributed by atoms with E-state index in [1.165, 1.54) is 17.6 Å². The summed E-state index contributed by atoms with van der Waals surface area (Å²) < 4.78 is 0. The van der Waals surface area contributed by atoms with Crippen molar-refractivity contribution in [2.75, 3.05) is 4.90 Å². The van der Waals surface area contributed by atoms with Crippen LogP contribution in [0.2, 0.25) is 0 Å². The van der Waals surface area contributed by atoms with E-state index in [9.17, 15) is 0 Å². The largest absolute Gasteiger partial charge is 0.269 e. The van der Waals surface area contributed by atoms with Gasteiger partial charge in [-0.25, -0.2) is 19.9 Å². The summed E-state index contributed by atoms with van der Waals surface area (Å²) in [4.78, 5) is 16.5. The van der Waals surface area contributed by atoms with Crippen LogP contribution in [0.4, 0.5) is 5.95 Å². The van der Waals surface area contributed by atoms with Crippen LogP contribution in [0.1, 0.15) is 0 Å². The average molecular weight is 263 g/mol. The predicted octanol–water partition coefficient (Wildman–Crippen LogP) is 1.81. The maximum Gasteiger partial charge on any atom is 0.235 e. The molecule has 1 atom stereocenters. The van der Waals surface area contributed by atoms with E-state index in [4.69, 9.17) is 34.8 Å². The summed E-state index contributed by atoms with van der Waals surface area (Å²) >= 11 is 17.5. The molecule has 0 aromatic carbocycles. The molecular weight excluding hydrogens is 260 g/mol. The van der Waals surface area contributed by atoms with E-state index in [2.05, 4.69) is 26.3 Å². The summed E-state index contributed by atoms with van der Waals surface area (Å²) in [7, 11) is 0. The first-order valence-corrected chi connectivity index (χ1v) is 4.96. The van der Waals surface area contributed by atoms with Crippen molar-refractivity contribution in [3.05, 3.63) is 22.8 Å². The first-order chi connectivity index (χ1) is 7.20. The number of rotatable bonds is 1. The number of nitrogens with zero attached hydrogens (tertiary/aromatic N) is 5. The normalized spacial score (nSPS) is 21.0. The molecular formula is C7H3Cl3N5. The van der Waals surface area contributed by atoms with Gasteiger partial charge in [-0.15, -0.1) is 0 Å². The van der Waals surface area contributed by atoms with Gasteiger partial charge in [0.05, 0.1) is 5.03 Å². The Labute approximate surface area is 100 Å². The fourth-order valence-corrected chi connectivity index (χ4v) is 1.49. The highest BCUT2D eigenvalue weighted by atomic mass is 35.5. The summed E-state index contributed by atoms with van der Waals surface area (Å²) in [6, 6.07) is 0. The maximum atomic E-state index is 5.99. The van der Waals surface area contributed by atoms with Crippen molar-refractivity contribution in [3.63, 3.8) is 0 Å². The van der Waals surface area contributed by atoms with E-state index in [0.717, 1.165) is 0 Å². The molecule has 77 valence electrons. The zero-order valence-electron chi connectivity index (χ0n) is 7.10. The van der Waals surface area contributed by atoms with Crippen molar-refractivity contribution in [2.24, 2.45) is 4.99 Å². The summed E-state index contributed by atoms with van der Waals surface area (Å²) in [5.41, 5.74) is -0.709. The van der Waals surface area contributed by atoms with Crippen molar-refractivity contribution >= 4 is 47.1 Å². The summed E-state index contributed by atoms with van der Waals surface area (Å²) in [6.07, 6.45) is 5.23. The SMILES string of the molecule is ClC1=C(Cl)C(Cl)N(c2ncncn2)[C]=N1. The lowest BCUT2D eigenvalue weighted by Gasteiger charge is -2.24. The molecule has 1 aliphatic heterocycles. The molecule has 2 heterocycles. The van der Waals surface area contributed by atoms with Gasteiger partial charge in [-0.05, 0) is 0 Å². The third kappa shape index (κ3) is 2.04. The molecule has 2 rings (SSSR count). The molecule has 1 unspecified atom stereocenters. The van der Waals surface area contributed by atoms with Crippen LogP contribution in [0.15, 0.2) is 27.8 Å². The highest BCUT2D eigenvalue weighted by Crippen LogP contribution is 2.29. The number of aliphatic imine (C=N–C) groups is 1. The lowest BCUT2D eigenvalue weighted by atomic mass is 10.5. The van der Waals surface area contributed by atoms with Crippen LogP contribution in [0.25, 0.3) is 0 Å². The van der Waals surface area contributed by atoms with E-state index < -0.39 is 5.50 Å². The fourth-order valence-electron chi connectivity index (χ4n) is 0.917. The van der Waals surface area contributed by atoms with E-state index >= 15 is 0 Å². The lowest BCUT2D eigenvalue weighted by molar-refractivity contribution is 0.926. The molecule has 0 N–H and O–H groups in total. The number of hydrogen-bond acceptors (Lipinski definition) is 5. The molecule has 0 saturated carbocycles. The van der Waals surface area contributed by atoms with Gasteiger partial charge in [-0.2, -0.15) is 0 Å². The summed E-state index contributed by atoms with van der Waals surface area (Å²) in [6.45, 7) is 0. The molecule has 0 spiro atoms. The van der Waals surface area contributed by atoms with Gasteiger partial charge in [0, 0.05) is 0 Å². The van der Waals surface area contributed by atoms with E-state index in [1.54, 1.807) is 0 Å². The molecule has 5 nitrogen and oxygen atoms in total. The van der Waals surface area contributed by atoms with Gasteiger partial charge in [0.25, 0.3) is 0 Å². The summed E-state index contributed by atoms with van der Waals surface area (Å²) in [5.74, 6) is 0.302. The highest BCUT2D eigenvalue weighted by molar-refractivity contribution is 6.44. The molecule has 0 amide bonds. The number of halogens is 3. The Bertz CT molecular complexity index is 418. The Balaban J connectivity index is 2.32. The molecule has 0 fully saturated rings. The minimum absolute atomic E-state index is 0.113. The van der Waals surface area contributed by atoms with Gasteiger partial charge in [0.1, 0.15) is 17.8 Å². The smallest absolute Gasteiger partial charge is 0.235 e. The molecule has 1 aliphatic rings. The van der Waals surface area contributed by atoms with E-state index in [0.29, 0.717) is 5.95 Å². The predicted molar refractivity (Wildman–Crippen MR) is 58.1 cm³/mol. The van der Waals surface area contributed by atoms with Gasteiger partial charge in [0.15, 0.2) is 11.8 Å². The maximum absolute atomic E-state index is 5.99. The van der Waals surface area contributed by atoms with Crippen molar-refractivity contribution in [1.29, 1.82) is 0 Å².